The normalized spacial score (nSPS) is 11.0. The van der Waals surface area contributed by atoms with Crippen LogP contribution in [0.25, 0.3) is 16.7 Å². The van der Waals surface area contributed by atoms with Gasteiger partial charge in [-0.15, -0.1) is 0 Å². The highest BCUT2D eigenvalue weighted by molar-refractivity contribution is 5.76. The zero-order valence-corrected chi connectivity index (χ0v) is 14.8. The lowest BCUT2D eigenvalue weighted by atomic mass is 10.2. The van der Waals surface area contributed by atoms with E-state index in [0.29, 0.717) is 30.2 Å². The summed E-state index contributed by atoms with van der Waals surface area (Å²) in [5.74, 6) is 0.364. The molecule has 7 nitrogen and oxygen atoms in total. The van der Waals surface area contributed by atoms with Gasteiger partial charge in [0.15, 0.2) is 5.65 Å². The minimum absolute atomic E-state index is 0.238. The van der Waals surface area contributed by atoms with E-state index in [2.05, 4.69) is 20.4 Å². The van der Waals surface area contributed by atoms with Crippen molar-refractivity contribution in [2.75, 3.05) is 11.9 Å². The number of fused-ring (bicyclic) bond motifs is 1. The molecule has 0 saturated heterocycles. The van der Waals surface area contributed by atoms with Gasteiger partial charge in [0.05, 0.1) is 18.5 Å². The van der Waals surface area contributed by atoms with Gasteiger partial charge in [-0.3, -0.25) is 9.78 Å². The van der Waals surface area contributed by atoms with Gasteiger partial charge in [-0.25, -0.2) is 4.68 Å². The quantitative estimate of drug-likeness (QED) is 0.550. The fourth-order valence-electron chi connectivity index (χ4n) is 2.78. The molecule has 0 fully saturated rings. The number of H-pyrrole nitrogens is 1. The Bertz CT molecular complexity index is 1100. The fourth-order valence-corrected chi connectivity index (χ4v) is 2.78. The van der Waals surface area contributed by atoms with Crippen molar-refractivity contribution in [2.24, 2.45) is 0 Å². The first-order valence-electron chi connectivity index (χ1n) is 8.72. The van der Waals surface area contributed by atoms with Crippen molar-refractivity contribution in [3.8, 4) is 5.69 Å². The van der Waals surface area contributed by atoms with E-state index in [1.165, 1.54) is 6.20 Å². The Morgan fingerprint density at radius 3 is 2.63 bits per heavy atom. The van der Waals surface area contributed by atoms with Crippen LogP contribution in [0.4, 0.5) is 11.6 Å². The Labute approximate surface area is 155 Å². The smallest absolute Gasteiger partial charge is 0.263 e. The van der Waals surface area contributed by atoms with Crippen molar-refractivity contribution >= 4 is 22.7 Å². The van der Waals surface area contributed by atoms with Crippen LogP contribution >= 0.6 is 0 Å². The zero-order chi connectivity index (χ0) is 18.6. The molecule has 2 N–H and O–H groups in total. The Kier molecular flexibility index (Phi) is 4.67. The van der Waals surface area contributed by atoms with Crippen LogP contribution in [0, 0.1) is 0 Å². The molecule has 0 radical (unpaired) electrons. The minimum atomic E-state index is -0.238. The van der Waals surface area contributed by atoms with Gasteiger partial charge < -0.3 is 10.1 Å². The molecule has 2 aromatic heterocycles. The molecule has 0 spiro atoms. The second-order valence-corrected chi connectivity index (χ2v) is 6.00. The molecule has 7 heteroatoms. The summed E-state index contributed by atoms with van der Waals surface area (Å²) in [7, 11) is 0. The van der Waals surface area contributed by atoms with Crippen molar-refractivity contribution in [1.29, 1.82) is 0 Å². The van der Waals surface area contributed by atoms with E-state index in [0.717, 1.165) is 16.9 Å². The number of para-hydroxylation sites is 1. The number of anilines is 2. The first-order valence-corrected chi connectivity index (χ1v) is 8.72. The number of benzene rings is 2. The summed E-state index contributed by atoms with van der Waals surface area (Å²) in [4.78, 5) is 19.7. The molecule has 27 heavy (non-hydrogen) atoms. The molecule has 0 bridgehead atoms. The van der Waals surface area contributed by atoms with Gasteiger partial charge in [-0.1, -0.05) is 30.3 Å². The molecule has 4 rings (SSSR count). The summed E-state index contributed by atoms with van der Waals surface area (Å²) in [6, 6.07) is 17.4. The predicted molar refractivity (Wildman–Crippen MR) is 105 cm³/mol. The van der Waals surface area contributed by atoms with Crippen LogP contribution in [-0.4, -0.2) is 26.4 Å². The topological polar surface area (TPSA) is 84.8 Å². The van der Waals surface area contributed by atoms with Gasteiger partial charge in [-0.05, 0) is 36.8 Å². The third-order valence-electron chi connectivity index (χ3n) is 4.13. The Hall–Kier alpha value is -3.45. The van der Waals surface area contributed by atoms with Crippen molar-refractivity contribution in [1.82, 2.24) is 19.7 Å². The molecule has 0 aliphatic rings. The maximum Gasteiger partial charge on any atom is 0.263 e. The number of hydrogen-bond donors (Lipinski definition) is 2. The van der Waals surface area contributed by atoms with Crippen LogP contribution in [0.3, 0.4) is 0 Å². The number of ether oxygens (including phenoxy) is 1. The summed E-state index contributed by atoms with van der Waals surface area (Å²) in [6.07, 6.45) is 1.53. The molecule has 0 amide bonds. The Morgan fingerprint density at radius 1 is 1.11 bits per heavy atom. The summed E-state index contributed by atoms with van der Waals surface area (Å²) >= 11 is 0. The van der Waals surface area contributed by atoms with Gasteiger partial charge in [0.25, 0.3) is 5.56 Å². The molecule has 2 aromatic carbocycles. The number of nitrogens with one attached hydrogen (secondary N) is 2. The second-order valence-electron chi connectivity index (χ2n) is 6.00. The van der Waals surface area contributed by atoms with Crippen LogP contribution in [-0.2, 0) is 11.3 Å². The first kappa shape index (κ1) is 17.0. The maximum absolute atomic E-state index is 12.4. The fraction of sp³-hybridized carbons (Fsp3) is 0.150. The highest BCUT2D eigenvalue weighted by atomic mass is 16.5. The molecule has 0 saturated carbocycles. The summed E-state index contributed by atoms with van der Waals surface area (Å²) in [5, 5.41) is 7.89. The minimum Gasteiger partial charge on any atom is -0.377 e. The molecule has 0 unspecified atom stereocenters. The van der Waals surface area contributed by atoms with Crippen LogP contribution in [0.5, 0.6) is 0 Å². The molecule has 0 atom stereocenters. The lowest BCUT2D eigenvalue weighted by Crippen LogP contribution is -2.11. The van der Waals surface area contributed by atoms with E-state index in [1.54, 1.807) is 4.68 Å². The number of aromatic amines is 1. The van der Waals surface area contributed by atoms with E-state index in [-0.39, 0.29) is 5.56 Å². The van der Waals surface area contributed by atoms with Crippen LogP contribution in [0.2, 0.25) is 0 Å². The standard InChI is InChI=1S/C20H19N5O2/c1-2-27-13-14-8-10-15(11-9-14)22-20-23-18-17(19(26)24-20)12-21-25(18)16-6-4-3-5-7-16/h3-12H,2,13H2,1H3,(H2,22,23,24,26). The average Bonchev–Trinajstić information content (AvgIpc) is 3.13. The maximum atomic E-state index is 12.4. The van der Waals surface area contributed by atoms with Crippen LogP contribution in [0.15, 0.2) is 65.6 Å². The van der Waals surface area contributed by atoms with Crippen molar-refractivity contribution in [2.45, 2.75) is 13.5 Å². The van der Waals surface area contributed by atoms with Gasteiger partial charge in [-0.2, -0.15) is 10.1 Å². The van der Waals surface area contributed by atoms with E-state index in [1.807, 2.05) is 61.5 Å². The largest absolute Gasteiger partial charge is 0.377 e. The lowest BCUT2D eigenvalue weighted by molar-refractivity contribution is 0.134. The van der Waals surface area contributed by atoms with Gasteiger partial charge in [0.2, 0.25) is 5.95 Å². The molecule has 2 heterocycles. The van der Waals surface area contributed by atoms with E-state index >= 15 is 0 Å². The molecule has 0 aliphatic carbocycles. The molecule has 136 valence electrons. The molecular formula is C20H19N5O2. The van der Waals surface area contributed by atoms with Crippen molar-refractivity contribution < 1.29 is 4.74 Å². The van der Waals surface area contributed by atoms with Gasteiger partial charge >= 0.3 is 0 Å². The number of aromatic nitrogens is 4. The highest BCUT2D eigenvalue weighted by Crippen LogP contribution is 2.17. The van der Waals surface area contributed by atoms with Gasteiger partial charge in [0.1, 0.15) is 5.39 Å². The van der Waals surface area contributed by atoms with Crippen LogP contribution < -0.4 is 10.9 Å². The third kappa shape index (κ3) is 3.58. The molecule has 4 aromatic rings. The van der Waals surface area contributed by atoms with E-state index in [4.69, 9.17) is 4.74 Å². The third-order valence-corrected chi connectivity index (χ3v) is 4.13. The Balaban J connectivity index is 1.65. The zero-order valence-electron chi connectivity index (χ0n) is 14.8. The van der Waals surface area contributed by atoms with Crippen LogP contribution in [0.1, 0.15) is 12.5 Å². The molecule has 0 aliphatic heterocycles. The average molecular weight is 361 g/mol. The van der Waals surface area contributed by atoms with Crippen molar-refractivity contribution in [3.63, 3.8) is 0 Å². The molecular weight excluding hydrogens is 342 g/mol. The second kappa shape index (κ2) is 7.43. The number of hydrogen-bond acceptors (Lipinski definition) is 5. The summed E-state index contributed by atoms with van der Waals surface area (Å²) < 4.78 is 7.05. The monoisotopic (exact) mass is 361 g/mol. The number of nitrogens with zero attached hydrogens (tertiary/aromatic N) is 3. The van der Waals surface area contributed by atoms with Gasteiger partial charge in [0, 0.05) is 12.3 Å². The summed E-state index contributed by atoms with van der Waals surface area (Å²) in [6.45, 7) is 3.22. The lowest BCUT2D eigenvalue weighted by Gasteiger charge is -2.08. The van der Waals surface area contributed by atoms with Crippen molar-refractivity contribution in [3.05, 3.63) is 76.7 Å². The summed E-state index contributed by atoms with van der Waals surface area (Å²) in [5.41, 5.74) is 3.01. The van der Waals surface area contributed by atoms with E-state index < -0.39 is 0 Å². The Morgan fingerprint density at radius 2 is 1.89 bits per heavy atom. The predicted octanol–water partition coefficient (Wildman–Crippen LogP) is 3.39. The first-order chi connectivity index (χ1) is 13.2. The number of rotatable bonds is 6. The highest BCUT2D eigenvalue weighted by Gasteiger charge is 2.11. The SMILES string of the molecule is CCOCc1ccc(Nc2nc3c(cnn3-c3ccccc3)c(=O)[nH]2)cc1. The van der Waals surface area contributed by atoms with E-state index in [9.17, 15) is 4.79 Å².